The molecule has 4 heteroatoms. The minimum atomic E-state index is 0.109. The van der Waals surface area contributed by atoms with Crippen LogP contribution in [0.2, 0.25) is 10.0 Å². The summed E-state index contributed by atoms with van der Waals surface area (Å²) in [5.41, 5.74) is 1.45. The zero-order valence-electron chi connectivity index (χ0n) is 8.81. The molecule has 0 aliphatic carbocycles. The van der Waals surface area contributed by atoms with E-state index in [9.17, 15) is 4.79 Å². The van der Waals surface area contributed by atoms with Crippen molar-refractivity contribution in [1.82, 2.24) is 4.98 Å². The number of rotatable bonds is 3. The lowest BCUT2D eigenvalue weighted by atomic mass is 10.1. The number of carbonyl (C=O) groups is 1. The molecule has 2 aromatic rings. The summed E-state index contributed by atoms with van der Waals surface area (Å²) in [5.74, 6) is 0.109. The van der Waals surface area contributed by atoms with Gasteiger partial charge in [-0.1, -0.05) is 30.1 Å². The molecular weight excluding hydrogens is 245 g/mol. The molecule has 1 aromatic heterocycles. The molecule has 1 aromatic carbocycles. The number of halogens is 2. The number of H-pyrrole nitrogens is 1. The molecule has 0 spiro atoms. The van der Waals surface area contributed by atoms with Crippen molar-refractivity contribution < 1.29 is 4.79 Å². The number of benzene rings is 1. The number of hydrogen-bond donors (Lipinski definition) is 1. The average molecular weight is 256 g/mol. The van der Waals surface area contributed by atoms with Gasteiger partial charge in [0.2, 0.25) is 0 Å². The molecule has 2 rings (SSSR count). The Kier molecular flexibility index (Phi) is 3.22. The standard InChI is InChI=1S/C12H11Cl2NO/c1-2-3-11(16)8-6-15-10-5-7(13)4-9(14)12(8)10/h4-6,15H,2-3H2,1H3. The molecule has 0 saturated heterocycles. The van der Waals surface area contributed by atoms with Crippen molar-refractivity contribution in [2.45, 2.75) is 19.8 Å². The Bertz CT molecular complexity index is 545. The van der Waals surface area contributed by atoms with Gasteiger partial charge in [0.15, 0.2) is 5.78 Å². The third kappa shape index (κ3) is 1.95. The Labute approximate surface area is 104 Å². The van der Waals surface area contributed by atoms with E-state index >= 15 is 0 Å². The fourth-order valence-corrected chi connectivity index (χ4v) is 2.36. The number of hydrogen-bond acceptors (Lipinski definition) is 1. The molecule has 16 heavy (non-hydrogen) atoms. The van der Waals surface area contributed by atoms with Crippen LogP contribution in [0.25, 0.3) is 10.9 Å². The highest BCUT2D eigenvalue weighted by Crippen LogP contribution is 2.30. The smallest absolute Gasteiger partial charge is 0.165 e. The maximum atomic E-state index is 11.8. The number of ketones is 1. The second-order valence-corrected chi connectivity index (χ2v) is 4.53. The number of Topliss-reactive ketones (excluding diaryl/α,β-unsaturated/α-hetero) is 1. The van der Waals surface area contributed by atoms with E-state index in [4.69, 9.17) is 23.2 Å². The molecule has 0 amide bonds. The van der Waals surface area contributed by atoms with Gasteiger partial charge in [-0.05, 0) is 18.6 Å². The van der Waals surface area contributed by atoms with Crippen LogP contribution in [0, 0.1) is 0 Å². The van der Waals surface area contributed by atoms with E-state index in [1.54, 1.807) is 18.3 Å². The monoisotopic (exact) mass is 255 g/mol. The van der Waals surface area contributed by atoms with Gasteiger partial charge < -0.3 is 4.98 Å². The summed E-state index contributed by atoms with van der Waals surface area (Å²) < 4.78 is 0. The topological polar surface area (TPSA) is 32.9 Å². The van der Waals surface area contributed by atoms with Crippen molar-refractivity contribution in [3.63, 3.8) is 0 Å². The van der Waals surface area contributed by atoms with Gasteiger partial charge in [0.25, 0.3) is 0 Å². The molecule has 0 radical (unpaired) electrons. The Morgan fingerprint density at radius 2 is 2.12 bits per heavy atom. The molecule has 0 fully saturated rings. The van der Waals surface area contributed by atoms with Crippen LogP contribution < -0.4 is 0 Å². The molecular formula is C12H11Cl2NO. The van der Waals surface area contributed by atoms with Crippen LogP contribution >= 0.6 is 23.2 Å². The van der Waals surface area contributed by atoms with Gasteiger partial charge in [-0.2, -0.15) is 0 Å². The largest absolute Gasteiger partial charge is 0.360 e. The van der Waals surface area contributed by atoms with E-state index in [0.29, 0.717) is 22.0 Å². The number of nitrogens with one attached hydrogen (secondary N) is 1. The van der Waals surface area contributed by atoms with Crippen molar-refractivity contribution in [3.8, 4) is 0 Å². The van der Waals surface area contributed by atoms with Crippen molar-refractivity contribution in [2.75, 3.05) is 0 Å². The van der Waals surface area contributed by atoms with E-state index in [-0.39, 0.29) is 5.78 Å². The first-order valence-corrected chi connectivity index (χ1v) is 5.88. The predicted molar refractivity (Wildman–Crippen MR) is 67.6 cm³/mol. The lowest BCUT2D eigenvalue weighted by molar-refractivity contribution is 0.0983. The normalized spacial score (nSPS) is 10.9. The molecule has 0 saturated carbocycles. The first kappa shape index (κ1) is 11.5. The van der Waals surface area contributed by atoms with Crippen LogP contribution in [-0.2, 0) is 0 Å². The van der Waals surface area contributed by atoms with Gasteiger partial charge in [0.05, 0.1) is 5.02 Å². The van der Waals surface area contributed by atoms with Gasteiger partial charge in [0, 0.05) is 34.1 Å². The second kappa shape index (κ2) is 4.48. The zero-order chi connectivity index (χ0) is 11.7. The van der Waals surface area contributed by atoms with Crippen molar-refractivity contribution in [3.05, 3.63) is 33.9 Å². The maximum absolute atomic E-state index is 11.8. The molecule has 0 unspecified atom stereocenters. The van der Waals surface area contributed by atoms with Crippen LogP contribution in [-0.4, -0.2) is 10.8 Å². The maximum Gasteiger partial charge on any atom is 0.165 e. The van der Waals surface area contributed by atoms with Crippen LogP contribution in [0.4, 0.5) is 0 Å². The third-order valence-corrected chi connectivity index (χ3v) is 2.99. The molecule has 0 aliphatic rings. The van der Waals surface area contributed by atoms with Crippen molar-refractivity contribution >= 4 is 39.9 Å². The number of aromatic amines is 1. The van der Waals surface area contributed by atoms with Gasteiger partial charge in [0.1, 0.15) is 0 Å². The lowest BCUT2D eigenvalue weighted by Crippen LogP contribution is -1.96. The predicted octanol–water partition coefficient (Wildman–Crippen LogP) is 4.46. The fraction of sp³-hybridized carbons (Fsp3) is 0.250. The summed E-state index contributed by atoms with van der Waals surface area (Å²) in [7, 11) is 0. The molecule has 0 aliphatic heterocycles. The minimum Gasteiger partial charge on any atom is -0.360 e. The Morgan fingerprint density at radius 3 is 2.81 bits per heavy atom. The van der Waals surface area contributed by atoms with E-state index in [2.05, 4.69) is 4.98 Å². The van der Waals surface area contributed by atoms with Crippen LogP contribution in [0.1, 0.15) is 30.1 Å². The summed E-state index contributed by atoms with van der Waals surface area (Å²) in [6.45, 7) is 1.98. The van der Waals surface area contributed by atoms with Crippen molar-refractivity contribution in [1.29, 1.82) is 0 Å². The SMILES string of the molecule is CCCC(=O)c1c[nH]c2cc(Cl)cc(Cl)c12. The molecule has 2 nitrogen and oxygen atoms in total. The fourth-order valence-electron chi connectivity index (χ4n) is 1.76. The minimum absolute atomic E-state index is 0.109. The summed E-state index contributed by atoms with van der Waals surface area (Å²) in [6, 6.07) is 3.42. The van der Waals surface area contributed by atoms with Gasteiger partial charge in [-0.15, -0.1) is 0 Å². The van der Waals surface area contributed by atoms with E-state index in [1.807, 2.05) is 6.92 Å². The summed E-state index contributed by atoms with van der Waals surface area (Å²) in [4.78, 5) is 14.9. The van der Waals surface area contributed by atoms with E-state index < -0.39 is 0 Å². The summed E-state index contributed by atoms with van der Waals surface area (Å²) in [5, 5.41) is 1.85. The summed E-state index contributed by atoms with van der Waals surface area (Å²) in [6.07, 6.45) is 3.06. The van der Waals surface area contributed by atoms with E-state index in [0.717, 1.165) is 17.3 Å². The van der Waals surface area contributed by atoms with E-state index in [1.165, 1.54) is 0 Å². The molecule has 0 atom stereocenters. The van der Waals surface area contributed by atoms with Gasteiger partial charge in [-0.3, -0.25) is 4.79 Å². The quantitative estimate of drug-likeness (QED) is 0.808. The average Bonchev–Trinajstić information content (AvgIpc) is 2.61. The molecule has 1 N–H and O–H groups in total. The molecule has 0 bridgehead atoms. The van der Waals surface area contributed by atoms with Crippen LogP contribution in [0.3, 0.4) is 0 Å². The first-order valence-electron chi connectivity index (χ1n) is 5.12. The Balaban J connectivity index is 2.60. The third-order valence-electron chi connectivity index (χ3n) is 2.47. The van der Waals surface area contributed by atoms with Crippen LogP contribution in [0.5, 0.6) is 0 Å². The highest BCUT2D eigenvalue weighted by Gasteiger charge is 2.14. The van der Waals surface area contributed by atoms with Crippen LogP contribution in [0.15, 0.2) is 18.3 Å². The zero-order valence-corrected chi connectivity index (χ0v) is 10.3. The molecule has 84 valence electrons. The Morgan fingerprint density at radius 1 is 1.38 bits per heavy atom. The Hall–Kier alpha value is -0.990. The number of carbonyl (C=O) groups excluding carboxylic acids is 1. The van der Waals surface area contributed by atoms with Gasteiger partial charge >= 0.3 is 0 Å². The highest BCUT2D eigenvalue weighted by atomic mass is 35.5. The molecule has 1 heterocycles. The number of aromatic nitrogens is 1. The van der Waals surface area contributed by atoms with Gasteiger partial charge in [-0.25, -0.2) is 0 Å². The number of fused-ring (bicyclic) bond motifs is 1. The highest BCUT2D eigenvalue weighted by molar-refractivity contribution is 6.39. The summed E-state index contributed by atoms with van der Waals surface area (Å²) >= 11 is 12.0. The lowest BCUT2D eigenvalue weighted by Gasteiger charge is -2.00. The second-order valence-electron chi connectivity index (χ2n) is 3.69. The van der Waals surface area contributed by atoms with Crippen molar-refractivity contribution in [2.24, 2.45) is 0 Å². The first-order chi connectivity index (χ1) is 7.63.